The zero-order valence-corrected chi connectivity index (χ0v) is 12.3. The Balaban J connectivity index is 1.61. The second kappa shape index (κ2) is 6.65. The molecule has 1 amide bonds. The van der Waals surface area contributed by atoms with Gasteiger partial charge in [-0.3, -0.25) is 9.78 Å². The van der Waals surface area contributed by atoms with Gasteiger partial charge >= 0.3 is 0 Å². The first-order valence-electron chi connectivity index (χ1n) is 6.93. The summed E-state index contributed by atoms with van der Waals surface area (Å²) >= 11 is 0. The lowest BCUT2D eigenvalue weighted by Gasteiger charge is -2.15. The van der Waals surface area contributed by atoms with Crippen molar-refractivity contribution in [3.8, 4) is 11.4 Å². The highest BCUT2D eigenvalue weighted by atomic mass is 16.5. The van der Waals surface area contributed by atoms with Crippen molar-refractivity contribution in [2.75, 3.05) is 5.32 Å². The van der Waals surface area contributed by atoms with Crippen LogP contribution >= 0.6 is 0 Å². The Morgan fingerprint density at radius 2 is 1.91 bits per heavy atom. The van der Waals surface area contributed by atoms with Crippen molar-refractivity contribution in [3.05, 3.63) is 55.1 Å². The molecule has 116 valence electrons. The molecule has 0 aliphatic rings. The van der Waals surface area contributed by atoms with Crippen LogP contribution in [0.4, 0.5) is 5.69 Å². The number of ether oxygens (including phenoxy) is 1. The summed E-state index contributed by atoms with van der Waals surface area (Å²) in [6, 6.07) is 10.6. The highest BCUT2D eigenvalue weighted by Crippen LogP contribution is 2.16. The molecule has 1 aromatic carbocycles. The van der Waals surface area contributed by atoms with E-state index in [1.165, 1.54) is 11.0 Å². The number of anilines is 1. The Bertz CT molecular complexity index is 758. The van der Waals surface area contributed by atoms with Gasteiger partial charge in [-0.25, -0.2) is 4.68 Å². The van der Waals surface area contributed by atoms with Crippen LogP contribution in [0, 0.1) is 0 Å². The van der Waals surface area contributed by atoms with Crippen molar-refractivity contribution in [3.63, 3.8) is 0 Å². The second-order valence-corrected chi connectivity index (χ2v) is 4.73. The predicted molar refractivity (Wildman–Crippen MR) is 82.1 cm³/mol. The lowest BCUT2D eigenvalue weighted by molar-refractivity contribution is -0.122. The summed E-state index contributed by atoms with van der Waals surface area (Å²) in [5.41, 5.74) is 1.48. The van der Waals surface area contributed by atoms with E-state index in [4.69, 9.17) is 4.74 Å². The summed E-state index contributed by atoms with van der Waals surface area (Å²) in [5.74, 6) is 0.347. The molecule has 2 aromatic heterocycles. The maximum Gasteiger partial charge on any atom is 0.265 e. The molecule has 0 aliphatic heterocycles. The summed E-state index contributed by atoms with van der Waals surface area (Å²) in [4.78, 5) is 16.0. The van der Waals surface area contributed by atoms with Crippen LogP contribution in [0.25, 0.3) is 5.69 Å². The second-order valence-electron chi connectivity index (χ2n) is 4.73. The van der Waals surface area contributed by atoms with E-state index in [1.54, 1.807) is 55.7 Å². The average Bonchev–Trinajstić information content (AvgIpc) is 3.11. The highest BCUT2D eigenvalue weighted by molar-refractivity contribution is 5.94. The van der Waals surface area contributed by atoms with E-state index < -0.39 is 6.10 Å². The van der Waals surface area contributed by atoms with Crippen molar-refractivity contribution in [2.45, 2.75) is 13.0 Å². The lowest BCUT2D eigenvalue weighted by Crippen LogP contribution is -2.30. The van der Waals surface area contributed by atoms with Crippen LogP contribution in [0.2, 0.25) is 0 Å². The number of benzene rings is 1. The molecule has 0 radical (unpaired) electrons. The number of pyridine rings is 1. The van der Waals surface area contributed by atoms with E-state index >= 15 is 0 Å². The molecular formula is C15H14N6O2. The fourth-order valence-electron chi connectivity index (χ4n) is 1.89. The topological polar surface area (TPSA) is 94.8 Å². The van der Waals surface area contributed by atoms with E-state index in [9.17, 15) is 4.79 Å². The molecule has 0 spiro atoms. The maximum absolute atomic E-state index is 12.1. The van der Waals surface area contributed by atoms with Gasteiger partial charge in [0.25, 0.3) is 5.91 Å². The predicted octanol–water partition coefficient (Wildman–Crippen LogP) is 1.46. The molecule has 2 heterocycles. The van der Waals surface area contributed by atoms with E-state index in [2.05, 4.69) is 25.8 Å². The Hall–Kier alpha value is -3.29. The summed E-state index contributed by atoms with van der Waals surface area (Å²) in [7, 11) is 0. The van der Waals surface area contributed by atoms with Gasteiger partial charge in [-0.05, 0) is 53.7 Å². The van der Waals surface area contributed by atoms with Gasteiger partial charge in [0, 0.05) is 18.1 Å². The molecule has 0 aliphatic carbocycles. The van der Waals surface area contributed by atoms with Crippen LogP contribution in [0.5, 0.6) is 5.75 Å². The molecule has 1 N–H and O–H groups in total. The number of hydrogen-bond acceptors (Lipinski definition) is 6. The van der Waals surface area contributed by atoms with Gasteiger partial charge in [0.15, 0.2) is 6.10 Å². The number of aromatic nitrogens is 5. The summed E-state index contributed by atoms with van der Waals surface area (Å²) in [6.07, 6.45) is 4.08. The standard InChI is InChI=1S/C15H14N6O2/c1-11(15(22)18-12-6-8-16-9-7-12)23-14-4-2-13(3-5-14)21-10-17-19-20-21/h2-11H,1H3,(H,16,18,22). The summed E-state index contributed by atoms with van der Waals surface area (Å²) < 4.78 is 7.16. The van der Waals surface area contributed by atoms with E-state index in [0.29, 0.717) is 11.4 Å². The first-order chi connectivity index (χ1) is 11.2. The number of nitrogens with zero attached hydrogens (tertiary/aromatic N) is 5. The van der Waals surface area contributed by atoms with Gasteiger partial charge < -0.3 is 10.1 Å². The Kier molecular flexibility index (Phi) is 4.23. The molecule has 0 bridgehead atoms. The number of carbonyl (C=O) groups excluding carboxylic acids is 1. The van der Waals surface area contributed by atoms with Gasteiger partial charge in [-0.2, -0.15) is 0 Å². The molecule has 1 unspecified atom stereocenters. The molecule has 8 heteroatoms. The van der Waals surface area contributed by atoms with E-state index in [-0.39, 0.29) is 5.91 Å². The molecule has 1 atom stereocenters. The third-order valence-electron chi connectivity index (χ3n) is 3.08. The number of carbonyl (C=O) groups is 1. The minimum Gasteiger partial charge on any atom is -0.481 e. The number of tetrazole rings is 1. The van der Waals surface area contributed by atoms with Crippen LogP contribution in [0.1, 0.15) is 6.92 Å². The Labute approximate surface area is 132 Å². The smallest absolute Gasteiger partial charge is 0.265 e. The van der Waals surface area contributed by atoms with Gasteiger partial charge in [0.2, 0.25) is 0 Å². The molecule has 3 rings (SSSR count). The zero-order chi connectivity index (χ0) is 16.1. The van der Waals surface area contributed by atoms with E-state index in [1.807, 2.05) is 0 Å². The first kappa shape index (κ1) is 14.6. The largest absolute Gasteiger partial charge is 0.481 e. The average molecular weight is 310 g/mol. The van der Waals surface area contributed by atoms with Gasteiger partial charge in [0.05, 0.1) is 5.69 Å². The summed E-state index contributed by atoms with van der Waals surface area (Å²) in [5, 5.41) is 13.7. The van der Waals surface area contributed by atoms with Gasteiger partial charge in [-0.1, -0.05) is 0 Å². The number of rotatable bonds is 5. The molecule has 0 saturated heterocycles. The van der Waals surface area contributed by atoms with Crippen molar-refractivity contribution >= 4 is 11.6 Å². The normalized spacial score (nSPS) is 11.7. The number of hydrogen-bond donors (Lipinski definition) is 1. The monoisotopic (exact) mass is 310 g/mol. The van der Waals surface area contributed by atoms with Gasteiger partial charge in [0.1, 0.15) is 12.1 Å². The lowest BCUT2D eigenvalue weighted by atomic mass is 10.3. The zero-order valence-electron chi connectivity index (χ0n) is 12.3. The van der Waals surface area contributed by atoms with Crippen LogP contribution in [0.15, 0.2) is 55.1 Å². The van der Waals surface area contributed by atoms with Crippen LogP contribution in [-0.4, -0.2) is 37.2 Å². The molecule has 0 fully saturated rings. The highest BCUT2D eigenvalue weighted by Gasteiger charge is 2.14. The fourth-order valence-corrected chi connectivity index (χ4v) is 1.89. The minimum absolute atomic E-state index is 0.235. The molecular weight excluding hydrogens is 296 g/mol. The molecule has 0 saturated carbocycles. The number of nitrogens with one attached hydrogen (secondary N) is 1. The number of amides is 1. The van der Waals surface area contributed by atoms with E-state index in [0.717, 1.165) is 5.69 Å². The summed E-state index contributed by atoms with van der Waals surface area (Å²) in [6.45, 7) is 1.69. The first-order valence-corrected chi connectivity index (χ1v) is 6.93. The quantitative estimate of drug-likeness (QED) is 0.766. The van der Waals surface area contributed by atoms with Crippen molar-refractivity contribution in [1.29, 1.82) is 0 Å². The van der Waals surface area contributed by atoms with Crippen molar-refractivity contribution < 1.29 is 9.53 Å². The fraction of sp³-hybridized carbons (Fsp3) is 0.133. The van der Waals surface area contributed by atoms with Crippen LogP contribution in [0.3, 0.4) is 0 Å². The third kappa shape index (κ3) is 3.67. The molecule has 23 heavy (non-hydrogen) atoms. The SMILES string of the molecule is CC(Oc1ccc(-n2cnnn2)cc1)C(=O)Nc1ccncc1. The van der Waals surface area contributed by atoms with Crippen molar-refractivity contribution in [2.24, 2.45) is 0 Å². The van der Waals surface area contributed by atoms with Gasteiger partial charge in [-0.15, -0.1) is 5.10 Å². The molecule has 3 aromatic rings. The minimum atomic E-state index is -0.637. The Morgan fingerprint density at radius 3 is 2.57 bits per heavy atom. The van der Waals surface area contributed by atoms with Crippen LogP contribution < -0.4 is 10.1 Å². The third-order valence-corrected chi connectivity index (χ3v) is 3.08. The Morgan fingerprint density at radius 1 is 1.17 bits per heavy atom. The molecule has 8 nitrogen and oxygen atoms in total. The van der Waals surface area contributed by atoms with Crippen LogP contribution in [-0.2, 0) is 4.79 Å². The maximum atomic E-state index is 12.1. The van der Waals surface area contributed by atoms with Crippen molar-refractivity contribution in [1.82, 2.24) is 25.2 Å².